The Morgan fingerprint density at radius 3 is 1.86 bits per heavy atom. The Kier molecular flexibility index (Phi) is 17.5. The highest BCUT2D eigenvalue weighted by atomic mass is 127. The van der Waals surface area contributed by atoms with Crippen LogP contribution in [0.4, 0.5) is 5.82 Å². The van der Waals surface area contributed by atoms with Crippen LogP contribution in [0.3, 0.4) is 0 Å². The number of hydrogen-bond acceptors (Lipinski definition) is 4. The Balaban J connectivity index is 1.44. The van der Waals surface area contributed by atoms with Crippen LogP contribution in [0.25, 0.3) is 0 Å². The standard InChI is InChI=1S/C30H53IN4O/c1-3-27(2)34-22-24-35(25-23-34)29-19-18-28(26-33-29)30(36)32-21-17-15-13-11-9-7-5-4-6-8-10-12-14-16-20-31/h18-19,26-27H,3-17,20-25H2,1-2H3,(H,32,36). The van der Waals surface area contributed by atoms with Gasteiger partial charge >= 0.3 is 0 Å². The lowest BCUT2D eigenvalue weighted by Gasteiger charge is -2.38. The molecule has 0 radical (unpaired) electrons. The Bertz CT molecular complexity index is 676. The Morgan fingerprint density at radius 1 is 0.861 bits per heavy atom. The van der Waals surface area contributed by atoms with E-state index in [1.165, 1.54) is 94.3 Å². The number of halogens is 1. The van der Waals surface area contributed by atoms with Crippen molar-refractivity contribution in [2.75, 3.05) is 42.1 Å². The van der Waals surface area contributed by atoms with Crippen molar-refractivity contribution < 1.29 is 4.79 Å². The molecule has 206 valence electrons. The zero-order valence-corrected chi connectivity index (χ0v) is 25.4. The van der Waals surface area contributed by atoms with E-state index in [1.807, 2.05) is 12.1 Å². The summed E-state index contributed by atoms with van der Waals surface area (Å²) in [6.45, 7) is 9.48. The lowest BCUT2D eigenvalue weighted by Crippen LogP contribution is -2.49. The molecule has 6 heteroatoms. The molecule has 0 bridgehead atoms. The summed E-state index contributed by atoms with van der Waals surface area (Å²) >= 11 is 2.48. The SMILES string of the molecule is CCC(C)N1CCN(c2ccc(C(=O)NCCCCCCCCCCCCCCCCI)cn2)CC1. The number of carbonyl (C=O) groups is 1. The molecule has 2 heterocycles. The van der Waals surface area contributed by atoms with Gasteiger partial charge in [0.2, 0.25) is 0 Å². The summed E-state index contributed by atoms with van der Waals surface area (Å²) in [4.78, 5) is 21.9. The summed E-state index contributed by atoms with van der Waals surface area (Å²) in [6, 6.07) is 4.57. The molecule has 1 atom stereocenters. The number of anilines is 1. The van der Waals surface area contributed by atoms with E-state index in [1.54, 1.807) is 6.20 Å². The zero-order valence-electron chi connectivity index (χ0n) is 23.3. The zero-order chi connectivity index (χ0) is 25.8. The number of nitrogens with zero attached hydrogens (tertiary/aromatic N) is 3. The Hall–Kier alpha value is -0.890. The van der Waals surface area contributed by atoms with Crippen LogP contribution in [0.5, 0.6) is 0 Å². The highest BCUT2D eigenvalue weighted by molar-refractivity contribution is 14.1. The van der Waals surface area contributed by atoms with E-state index in [0.29, 0.717) is 11.6 Å². The predicted molar refractivity (Wildman–Crippen MR) is 164 cm³/mol. The second-order valence-corrected chi connectivity index (χ2v) is 11.7. The monoisotopic (exact) mass is 612 g/mol. The fourth-order valence-corrected chi connectivity index (χ4v) is 5.54. The highest BCUT2D eigenvalue weighted by Crippen LogP contribution is 2.16. The van der Waals surface area contributed by atoms with Gasteiger partial charge in [0.25, 0.3) is 5.91 Å². The van der Waals surface area contributed by atoms with Gasteiger partial charge in [-0.25, -0.2) is 4.98 Å². The first-order valence-corrected chi connectivity index (χ1v) is 16.5. The molecule has 1 saturated heterocycles. The quantitative estimate of drug-likeness (QED) is 0.0935. The van der Waals surface area contributed by atoms with Gasteiger partial charge in [0.05, 0.1) is 5.56 Å². The molecular formula is C30H53IN4O. The van der Waals surface area contributed by atoms with Crippen molar-refractivity contribution >= 4 is 34.3 Å². The number of alkyl halides is 1. The van der Waals surface area contributed by atoms with E-state index < -0.39 is 0 Å². The minimum atomic E-state index is 0.000597. The lowest BCUT2D eigenvalue weighted by atomic mass is 10.0. The van der Waals surface area contributed by atoms with Crippen LogP contribution in [0, 0.1) is 0 Å². The summed E-state index contributed by atoms with van der Waals surface area (Å²) in [5, 5.41) is 3.07. The Labute approximate surface area is 235 Å². The fraction of sp³-hybridized carbons (Fsp3) is 0.800. The van der Waals surface area contributed by atoms with E-state index in [2.05, 4.69) is 56.5 Å². The molecule has 1 aliphatic rings. The molecule has 1 unspecified atom stereocenters. The average Bonchev–Trinajstić information content (AvgIpc) is 2.92. The maximum absolute atomic E-state index is 12.5. The Morgan fingerprint density at radius 2 is 1.39 bits per heavy atom. The van der Waals surface area contributed by atoms with Gasteiger partial charge in [0.15, 0.2) is 0 Å². The second-order valence-electron chi connectivity index (χ2n) is 10.6. The molecule has 0 saturated carbocycles. The van der Waals surface area contributed by atoms with Crippen molar-refractivity contribution in [2.45, 2.75) is 116 Å². The van der Waals surface area contributed by atoms with Crippen LogP contribution in [0.1, 0.15) is 121 Å². The van der Waals surface area contributed by atoms with E-state index in [0.717, 1.165) is 45.0 Å². The number of hydrogen-bond donors (Lipinski definition) is 1. The summed E-state index contributed by atoms with van der Waals surface area (Å²) < 4.78 is 1.32. The van der Waals surface area contributed by atoms with Crippen LogP contribution in [-0.2, 0) is 0 Å². The van der Waals surface area contributed by atoms with Crippen molar-refractivity contribution in [3.63, 3.8) is 0 Å². The van der Waals surface area contributed by atoms with Crippen LogP contribution < -0.4 is 10.2 Å². The van der Waals surface area contributed by atoms with Gasteiger partial charge < -0.3 is 10.2 Å². The fourth-order valence-electron chi connectivity index (χ4n) is 5.00. The molecule has 1 aliphatic heterocycles. The number of carbonyl (C=O) groups excluding carboxylic acids is 1. The van der Waals surface area contributed by atoms with E-state index in [9.17, 15) is 4.79 Å². The molecule has 1 aromatic heterocycles. The third-order valence-electron chi connectivity index (χ3n) is 7.71. The van der Waals surface area contributed by atoms with E-state index >= 15 is 0 Å². The first-order valence-electron chi connectivity index (χ1n) is 14.9. The van der Waals surface area contributed by atoms with Crippen LogP contribution in [-0.4, -0.2) is 59.0 Å². The van der Waals surface area contributed by atoms with Gasteiger partial charge in [0, 0.05) is 45.0 Å². The van der Waals surface area contributed by atoms with Crippen LogP contribution >= 0.6 is 22.6 Å². The van der Waals surface area contributed by atoms with Crippen LogP contribution in [0.15, 0.2) is 18.3 Å². The van der Waals surface area contributed by atoms with E-state index in [4.69, 9.17) is 0 Å². The molecule has 1 N–H and O–H groups in total. The molecule has 36 heavy (non-hydrogen) atoms. The maximum atomic E-state index is 12.5. The van der Waals surface area contributed by atoms with Gasteiger partial charge in [-0.3, -0.25) is 9.69 Å². The molecule has 0 aromatic carbocycles. The van der Waals surface area contributed by atoms with Crippen molar-refractivity contribution in [2.24, 2.45) is 0 Å². The number of aromatic nitrogens is 1. The molecule has 5 nitrogen and oxygen atoms in total. The third kappa shape index (κ3) is 13.1. The summed E-state index contributed by atoms with van der Waals surface area (Å²) in [6.07, 6.45) is 22.0. The van der Waals surface area contributed by atoms with Crippen molar-refractivity contribution in [3.8, 4) is 0 Å². The summed E-state index contributed by atoms with van der Waals surface area (Å²) in [5.74, 6) is 0.984. The number of rotatable bonds is 20. The smallest absolute Gasteiger partial charge is 0.252 e. The van der Waals surface area contributed by atoms with Gasteiger partial charge in [0.1, 0.15) is 5.82 Å². The largest absolute Gasteiger partial charge is 0.354 e. The number of pyridine rings is 1. The van der Waals surface area contributed by atoms with Crippen molar-refractivity contribution in [3.05, 3.63) is 23.9 Å². The van der Waals surface area contributed by atoms with Crippen LogP contribution in [0.2, 0.25) is 0 Å². The average molecular weight is 613 g/mol. The minimum Gasteiger partial charge on any atom is -0.354 e. The third-order valence-corrected chi connectivity index (χ3v) is 8.47. The molecule has 1 amide bonds. The van der Waals surface area contributed by atoms with E-state index in [-0.39, 0.29) is 5.91 Å². The van der Waals surface area contributed by atoms with Gasteiger partial charge in [-0.2, -0.15) is 0 Å². The number of amides is 1. The van der Waals surface area contributed by atoms with Gasteiger partial charge in [-0.15, -0.1) is 0 Å². The molecule has 0 spiro atoms. The number of unbranched alkanes of at least 4 members (excludes halogenated alkanes) is 13. The van der Waals surface area contributed by atoms with Crippen molar-refractivity contribution in [1.82, 2.24) is 15.2 Å². The summed E-state index contributed by atoms with van der Waals surface area (Å²) in [7, 11) is 0. The molecule has 2 rings (SSSR count). The molecule has 1 fully saturated rings. The highest BCUT2D eigenvalue weighted by Gasteiger charge is 2.21. The second kappa shape index (κ2) is 20.1. The predicted octanol–water partition coefficient (Wildman–Crippen LogP) is 7.63. The normalized spacial score (nSPS) is 15.2. The maximum Gasteiger partial charge on any atom is 0.252 e. The topological polar surface area (TPSA) is 48.5 Å². The molecule has 1 aromatic rings. The van der Waals surface area contributed by atoms with Gasteiger partial charge in [-0.1, -0.05) is 107 Å². The first kappa shape index (κ1) is 31.3. The lowest BCUT2D eigenvalue weighted by molar-refractivity contribution is 0.0952. The number of piperazine rings is 1. The summed E-state index contributed by atoms with van der Waals surface area (Å²) in [5.41, 5.74) is 0.664. The van der Waals surface area contributed by atoms with Crippen molar-refractivity contribution in [1.29, 1.82) is 0 Å². The van der Waals surface area contributed by atoms with Gasteiger partial charge in [-0.05, 0) is 42.7 Å². The molecule has 0 aliphatic carbocycles. The first-order chi connectivity index (χ1) is 17.7. The molecular weight excluding hydrogens is 559 g/mol. The number of nitrogens with one attached hydrogen (secondary N) is 1. The minimum absolute atomic E-state index is 0.000597.